The third-order valence-corrected chi connectivity index (χ3v) is 5.86. The van der Waals surface area contributed by atoms with E-state index in [1.807, 2.05) is 5.38 Å². The van der Waals surface area contributed by atoms with Crippen LogP contribution in [0.25, 0.3) is 0 Å². The van der Waals surface area contributed by atoms with E-state index in [1.165, 1.54) is 11.3 Å². The Labute approximate surface area is 131 Å². The molecule has 2 saturated heterocycles. The smallest absolute Gasteiger partial charge is 0.249 e. The highest BCUT2D eigenvalue weighted by molar-refractivity contribution is 7.99. The van der Waals surface area contributed by atoms with Crippen LogP contribution in [-0.4, -0.2) is 44.9 Å². The molecular formula is C13H18N4O2S2. The molecule has 8 heteroatoms. The van der Waals surface area contributed by atoms with Crippen LogP contribution in [0.5, 0.6) is 0 Å². The van der Waals surface area contributed by atoms with Crippen LogP contribution in [0, 0.1) is 0 Å². The molecule has 0 radical (unpaired) electrons. The van der Waals surface area contributed by atoms with Gasteiger partial charge in [0.25, 0.3) is 0 Å². The van der Waals surface area contributed by atoms with Crippen molar-refractivity contribution in [3.63, 3.8) is 0 Å². The van der Waals surface area contributed by atoms with Crippen LogP contribution in [-0.2, 0) is 9.59 Å². The first-order chi connectivity index (χ1) is 10.2. The minimum atomic E-state index is -0.490. The van der Waals surface area contributed by atoms with Crippen molar-refractivity contribution in [2.24, 2.45) is 5.73 Å². The van der Waals surface area contributed by atoms with Crippen molar-refractivity contribution in [2.75, 3.05) is 11.1 Å². The molecule has 3 rings (SSSR count). The molecule has 1 aromatic heterocycles. The van der Waals surface area contributed by atoms with Crippen molar-refractivity contribution < 1.29 is 9.59 Å². The van der Waals surface area contributed by atoms with Gasteiger partial charge >= 0.3 is 0 Å². The summed E-state index contributed by atoms with van der Waals surface area (Å²) in [5.41, 5.74) is 5.94. The number of nitrogens with one attached hydrogen (secondary N) is 1. The third kappa shape index (κ3) is 3.07. The van der Waals surface area contributed by atoms with E-state index in [0.29, 0.717) is 18.0 Å². The monoisotopic (exact) mass is 326 g/mol. The molecule has 2 aliphatic rings. The molecule has 2 fully saturated rings. The molecule has 2 amide bonds. The Kier molecular flexibility index (Phi) is 4.46. The number of thiazole rings is 1. The topological polar surface area (TPSA) is 88.3 Å². The Balaban J connectivity index is 1.79. The first-order valence-corrected chi connectivity index (χ1v) is 8.99. The highest BCUT2D eigenvalue weighted by Gasteiger charge is 2.41. The van der Waals surface area contributed by atoms with Gasteiger partial charge in [0.2, 0.25) is 11.8 Å². The van der Waals surface area contributed by atoms with Crippen molar-refractivity contribution in [1.82, 2.24) is 9.88 Å². The minimum absolute atomic E-state index is 0.0758. The fourth-order valence-corrected chi connectivity index (χ4v) is 4.74. The van der Waals surface area contributed by atoms with Crippen molar-refractivity contribution in [2.45, 2.75) is 43.1 Å². The quantitative estimate of drug-likeness (QED) is 0.854. The van der Waals surface area contributed by atoms with Crippen LogP contribution in [0.1, 0.15) is 25.7 Å². The summed E-state index contributed by atoms with van der Waals surface area (Å²) in [6.07, 6.45) is 4.90. The van der Waals surface area contributed by atoms with Crippen molar-refractivity contribution in [3.05, 3.63) is 11.6 Å². The lowest BCUT2D eigenvalue weighted by Gasteiger charge is -2.40. The van der Waals surface area contributed by atoms with Gasteiger partial charge in [-0.1, -0.05) is 0 Å². The maximum absolute atomic E-state index is 12.5. The van der Waals surface area contributed by atoms with E-state index in [9.17, 15) is 9.59 Å². The second kappa shape index (κ2) is 6.33. The van der Waals surface area contributed by atoms with Gasteiger partial charge in [-0.3, -0.25) is 9.59 Å². The van der Waals surface area contributed by atoms with E-state index in [1.54, 1.807) is 22.9 Å². The molecule has 0 aromatic carbocycles. The van der Waals surface area contributed by atoms with Gasteiger partial charge in [0, 0.05) is 11.6 Å². The summed E-state index contributed by atoms with van der Waals surface area (Å²) in [4.78, 5) is 30.8. The normalized spacial score (nSPS) is 29.7. The fourth-order valence-electron chi connectivity index (χ4n) is 2.80. The Hall–Kier alpha value is -1.12. The van der Waals surface area contributed by atoms with Crippen molar-refractivity contribution in [3.8, 4) is 0 Å². The molecule has 3 heterocycles. The average molecular weight is 326 g/mol. The van der Waals surface area contributed by atoms with Crippen LogP contribution in [0.3, 0.4) is 0 Å². The minimum Gasteiger partial charge on any atom is -0.320 e. The van der Waals surface area contributed by atoms with Crippen LogP contribution in [0.15, 0.2) is 11.6 Å². The number of nitrogens with two attached hydrogens (primary N) is 1. The first-order valence-electron chi connectivity index (χ1n) is 7.06. The van der Waals surface area contributed by atoms with E-state index in [0.717, 1.165) is 18.6 Å². The van der Waals surface area contributed by atoms with Crippen LogP contribution in [0.2, 0.25) is 0 Å². The van der Waals surface area contributed by atoms with Gasteiger partial charge in [0.15, 0.2) is 5.13 Å². The molecule has 2 unspecified atom stereocenters. The predicted octanol–water partition coefficient (Wildman–Crippen LogP) is 1.25. The highest BCUT2D eigenvalue weighted by Crippen LogP contribution is 2.34. The number of aromatic nitrogens is 1. The molecule has 3 atom stereocenters. The van der Waals surface area contributed by atoms with Crippen molar-refractivity contribution >= 4 is 40.0 Å². The molecule has 1 aromatic rings. The number of hydrogen-bond donors (Lipinski definition) is 2. The Morgan fingerprint density at radius 1 is 1.43 bits per heavy atom. The summed E-state index contributed by atoms with van der Waals surface area (Å²) in [6.45, 7) is 0. The lowest BCUT2D eigenvalue weighted by Crippen LogP contribution is -2.56. The van der Waals surface area contributed by atoms with Crippen LogP contribution in [0.4, 0.5) is 5.13 Å². The van der Waals surface area contributed by atoms with Crippen LogP contribution >= 0.6 is 23.1 Å². The SMILES string of the molecule is NC1CCS[C@H]2CCCC(C(=O)Nc3nccs3)N2C1=O. The number of carbonyl (C=O) groups excluding carboxylic acids is 2. The summed E-state index contributed by atoms with van der Waals surface area (Å²) < 4.78 is 0. The highest BCUT2D eigenvalue weighted by atomic mass is 32.2. The summed E-state index contributed by atoms with van der Waals surface area (Å²) in [5.74, 6) is 0.621. The number of nitrogens with zero attached hydrogens (tertiary/aromatic N) is 2. The average Bonchev–Trinajstić information content (AvgIpc) is 2.94. The second-order valence-corrected chi connectivity index (χ2v) is 7.42. The van der Waals surface area contributed by atoms with E-state index < -0.39 is 12.1 Å². The molecule has 0 bridgehead atoms. The Morgan fingerprint density at radius 2 is 2.29 bits per heavy atom. The van der Waals surface area contributed by atoms with E-state index >= 15 is 0 Å². The number of rotatable bonds is 2. The number of anilines is 1. The molecule has 0 aliphatic carbocycles. The Bertz CT molecular complexity index is 522. The van der Waals surface area contributed by atoms with Gasteiger partial charge in [0.1, 0.15) is 6.04 Å². The predicted molar refractivity (Wildman–Crippen MR) is 84.1 cm³/mol. The zero-order valence-electron chi connectivity index (χ0n) is 11.5. The third-order valence-electron chi connectivity index (χ3n) is 3.85. The largest absolute Gasteiger partial charge is 0.320 e. The molecule has 6 nitrogen and oxygen atoms in total. The second-order valence-electron chi connectivity index (χ2n) is 5.24. The standard InChI is InChI=1S/C13H18N4O2S2/c14-8-4-6-20-10-3-1-2-9(17(10)12(8)19)11(18)16-13-15-5-7-21-13/h5,7-10H,1-4,6,14H2,(H,15,16,18)/t8?,9?,10-/m0/s1. The molecular weight excluding hydrogens is 308 g/mol. The number of hydrogen-bond acceptors (Lipinski definition) is 6. The van der Waals surface area contributed by atoms with E-state index in [-0.39, 0.29) is 17.2 Å². The van der Waals surface area contributed by atoms with E-state index in [4.69, 9.17) is 5.73 Å². The summed E-state index contributed by atoms with van der Waals surface area (Å²) in [7, 11) is 0. The maximum atomic E-state index is 12.5. The Morgan fingerprint density at radius 3 is 3.05 bits per heavy atom. The maximum Gasteiger partial charge on any atom is 0.249 e. The number of fused-ring (bicyclic) bond motifs is 1. The lowest BCUT2D eigenvalue weighted by molar-refractivity contribution is -0.142. The first kappa shape index (κ1) is 14.8. The number of carbonyl (C=O) groups is 2. The van der Waals surface area contributed by atoms with E-state index in [2.05, 4.69) is 10.3 Å². The lowest BCUT2D eigenvalue weighted by atomic mass is 9.99. The molecule has 21 heavy (non-hydrogen) atoms. The van der Waals surface area contributed by atoms with Gasteiger partial charge in [-0.25, -0.2) is 4.98 Å². The van der Waals surface area contributed by atoms with Crippen LogP contribution < -0.4 is 11.1 Å². The summed E-state index contributed by atoms with van der Waals surface area (Å²) >= 11 is 3.11. The van der Waals surface area contributed by atoms with Gasteiger partial charge in [-0.15, -0.1) is 23.1 Å². The number of thioether (sulfide) groups is 1. The zero-order chi connectivity index (χ0) is 14.8. The fraction of sp³-hybridized carbons (Fsp3) is 0.615. The number of piperidine rings is 1. The molecule has 2 aliphatic heterocycles. The van der Waals surface area contributed by atoms with Crippen molar-refractivity contribution in [1.29, 1.82) is 0 Å². The van der Waals surface area contributed by atoms with Gasteiger partial charge in [0.05, 0.1) is 11.4 Å². The van der Waals surface area contributed by atoms with Gasteiger partial charge in [-0.05, 0) is 31.4 Å². The summed E-state index contributed by atoms with van der Waals surface area (Å²) in [6, 6.07) is -0.924. The zero-order valence-corrected chi connectivity index (χ0v) is 13.2. The van der Waals surface area contributed by atoms with Gasteiger partial charge < -0.3 is 16.0 Å². The molecule has 0 spiro atoms. The molecule has 114 valence electrons. The molecule has 0 saturated carbocycles. The molecule has 3 N–H and O–H groups in total. The van der Waals surface area contributed by atoms with Gasteiger partial charge in [-0.2, -0.15) is 0 Å². The summed E-state index contributed by atoms with van der Waals surface area (Å²) in [5, 5.41) is 5.26. The number of amides is 2.